The fourth-order valence-corrected chi connectivity index (χ4v) is 5.49. The first kappa shape index (κ1) is 24.8. The lowest BCUT2D eigenvalue weighted by Crippen LogP contribution is -2.65. The smallest absolute Gasteiger partial charge is 0.263 e. The maximum atomic E-state index is 14.8. The number of nitrogens with zero attached hydrogens (tertiary/aromatic N) is 7. The van der Waals surface area contributed by atoms with Crippen molar-refractivity contribution in [2.24, 2.45) is 0 Å². The van der Waals surface area contributed by atoms with Crippen molar-refractivity contribution in [1.82, 2.24) is 30.2 Å². The molecule has 4 aliphatic rings. The zero-order valence-corrected chi connectivity index (χ0v) is 21.1. The van der Waals surface area contributed by atoms with Crippen LogP contribution in [0, 0.1) is 0 Å². The van der Waals surface area contributed by atoms with Gasteiger partial charge in [0, 0.05) is 69.3 Å². The minimum absolute atomic E-state index is 0. The van der Waals surface area contributed by atoms with Crippen LogP contribution in [0.3, 0.4) is 0 Å². The van der Waals surface area contributed by atoms with Crippen LogP contribution in [0.1, 0.15) is 18.9 Å². The van der Waals surface area contributed by atoms with Gasteiger partial charge in [0.2, 0.25) is 17.6 Å². The van der Waals surface area contributed by atoms with E-state index in [0.29, 0.717) is 45.3 Å². The lowest BCUT2D eigenvalue weighted by atomic mass is 9.97. The van der Waals surface area contributed by atoms with Crippen LogP contribution in [0.2, 0.25) is 0 Å². The normalized spacial score (nSPS) is 24.8. The third kappa shape index (κ3) is 4.10. The summed E-state index contributed by atoms with van der Waals surface area (Å²) in [6.07, 6.45) is 4.90. The number of nitrogens with two attached hydrogens (primary N) is 1. The van der Waals surface area contributed by atoms with Gasteiger partial charge in [0.25, 0.3) is 5.91 Å². The van der Waals surface area contributed by atoms with Crippen LogP contribution in [0.25, 0.3) is 11.3 Å². The van der Waals surface area contributed by atoms with E-state index in [1.165, 1.54) is 0 Å². The molecule has 0 spiro atoms. The monoisotopic (exact) mass is 519 g/mol. The van der Waals surface area contributed by atoms with Crippen LogP contribution in [-0.2, 0) is 16.0 Å². The van der Waals surface area contributed by atoms with E-state index in [0.717, 1.165) is 42.0 Å². The number of hydrogen-bond donors (Lipinski definition) is 2. The first-order chi connectivity index (χ1) is 16.9. The number of nitrogens with one attached hydrogen (secondary N) is 1. The molecule has 36 heavy (non-hydrogen) atoms. The molecule has 0 radical (unpaired) electrons. The molecule has 0 saturated carbocycles. The Morgan fingerprint density at radius 2 is 1.86 bits per heavy atom. The van der Waals surface area contributed by atoms with Crippen molar-refractivity contribution in [2.45, 2.75) is 31.0 Å². The van der Waals surface area contributed by atoms with Gasteiger partial charge in [0.15, 0.2) is 0 Å². The zero-order valence-electron chi connectivity index (χ0n) is 20.2. The van der Waals surface area contributed by atoms with E-state index < -0.39 is 11.6 Å². The molecule has 4 aliphatic heterocycles. The molecule has 3 saturated heterocycles. The lowest BCUT2D eigenvalue weighted by Gasteiger charge is -2.39. The van der Waals surface area contributed by atoms with E-state index in [1.54, 1.807) is 17.3 Å². The van der Waals surface area contributed by atoms with Crippen molar-refractivity contribution in [3.63, 3.8) is 0 Å². The second kappa shape index (κ2) is 9.24. The number of anilines is 3. The molecule has 194 valence electrons. The first-order valence-electron chi connectivity index (χ1n) is 12.1. The molecule has 6 rings (SSSR count). The number of alkyl halides is 1. The Morgan fingerprint density at radius 1 is 1.14 bits per heavy atom. The molecular formula is C23H31ClFN9O2. The van der Waals surface area contributed by atoms with E-state index in [9.17, 15) is 9.18 Å². The van der Waals surface area contributed by atoms with E-state index >= 15 is 0 Å². The van der Waals surface area contributed by atoms with Crippen molar-refractivity contribution in [2.75, 3.05) is 74.6 Å². The minimum atomic E-state index is -1.78. The summed E-state index contributed by atoms with van der Waals surface area (Å²) in [6.45, 7) is 6.75. The average molecular weight is 520 g/mol. The number of halogens is 2. The van der Waals surface area contributed by atoms with Gasteiger partial charge >= 0.3 is 0 Å². The van der Waals surface area contributed by atoms with Crippen molar-refractivity contribution in [1.29, 1.82) is 0 Å². The molecule has 13 heteroatoms. The highest BCUT2D eigenvalue weighted by Gasteiger charge is 2.52. The molecule has 1 atom stereocenters. The van der Waals surface area contributed by atoms with Crippen molar-refractivity contribution in [3.8, 4) is 11.3 Å². The Morgan fingerprint density at radius 3 is 2.53 bits per heavy atom. The average Bonchev–Trinajstić information content (AvgIpc) is 3.47. The standard InChI is InChI=1S/C23H30FN9O2.ClH/c1-22(3-5-32(14-22)19(34)23(24)12-26-13-23)33-4-2-16-17(15-10-27-20(25)28-11-15)29-21(30-18(16)33)31-6-8-35-9-7-31;/h10-11,26H,2-9,12-14H2,1H3,(H2,25,27,28);1H/t22-;/m0./s1. The summed E-state index contributed by atoms with van der Waals surface area (Å²) in [4.78, 5) is 37.3. The molecule has 0 unspecified atom stereocenters. The number of carbonyl (C=O) groups excluding carboxylic acids is 1. The van der Waals surface area contributed by atoms with Crippen LogP contribution >= 0.6 is 12.4 Å². The number of fused-ring (bicyclic) bond motifs is 1. The number of nitrogen functional groups attached to an aromatic ring is 1. The summed E-state index contributed by atoms with van der Waals surface area (Å²) >= 11 is 0. The number of ether oxygens (including phenoxy) is 1. The van der Waals surface area contributed by atoms with Gasteiger partial charge in [-0.3, -0.25) is 4.79 Å². The number of hydrogen-bond acceptors (Lipinski definition) is 10. The summed E-state index contributed by atoms with van der Waals surface area (Å²) in [5.41, 5.74) is 6.23. The van der Waals surface area contributed by atoms with E-state index in [2.05, 4.69) is 32.0 Å². The Bertz CT molecular complexity index is 1140. The highest BCUT2D eigenvalue weighted by Crippen LogP contribution is 2.42. The SMILES string of the molecule is C[C@]1(N2CCc3c(-c4cnc(N)nc4)nc(N4CCOCC4)nc32)CCN(C(=O)C2(F)CNC2)C1.Cl. The quantitative estimate of drug-likeness (QED) is 0.587. The summed E-state index contributed by atoms with van der Waals surface area (Å²) in [6, 6.07) is 0. The highest BCUT2D eigenvalue weighted by molar-refractivity contribution is 5.87. The molecule has 2 aromatic heterocycles. The van der Waals surface area contributed by atoms with Gasteiger partial charge in [-0.2, -0.15) is 4.98 Å². The molecule has 3 fully saturated rings. The summed E-state index contributed by atoms with van der Waals surface area (Å²) in [7, 11) is 0. The third-order valence-electron chi connectivity index (χ3n) is 7.64. The number of carbonyl (C=O) groups is 1. The Hall–Kier alpha value is -2.83. The number of aromatic nitrogens is 4. The van der Waals surface area contributed by atoms with E-state index in [1.807, 2.05) is 0 Å². The van der Waals surface area contributed by atoms with Gasteiger partial charge < -0.3 is 30.5 Å². The van der Waals surface area contributed by atoms with Crippen LogP contribution in [-0.4, -0.2) is 101 Å². The maximum Gasteiger partial charge on any atom is 0.263 e. The second-order valence-electron chi connectivity index (χ2n) is 10.0. The Labute approximate surface area is 215 Å². The third-order valence-corrected chi connectivity index (χ3v) is 7.64. The largest absolute Gasteiger partial charge is 0.378 e. The van der Waals surface area contributed by atoms with Crippen LogP contribution < -0.4 is 20.9 Å². The number of morpholine rings is 1. The van der Waals surface area contributed by atoms with Gasteiger partial charge in [-0.05, 0) is 19.8 Å². The fraction of sp³-hybridized carbons (Fsp3) is 0.609. The predicted octanol–water partition coefficient (Wildman–Crippen LogP) is 0.439. The molecule has 1 amide bonds. The molecule has 3 N–H and O–H groups in total. The second-order valence-corrected chi connectivity index (χ2v) is 10.0. The maximum absolute atomic E-state index is 14.8. The van der Waals surface area contributed by atoms with E-state index in [4.69, 9.17) is 20.4 Å². The van der Waals surface area contributed by atoms with Gasteiger partial charge in [0.05, 0.1) is 24.4 Å². The number of rotatable bonds is 4. The first-order valence-corrected chi connectivity index (χ1v) is 12.1. The van der Waals surface area contributed by atoms with Crippen molar-refractivity contribution in [3.05, 3.63) is 18.0 Å². The van der Waals surface area contributed by atoms with Gasteiger partial charge in [-0.25, -0.2) is 19.3 Å². The van der Waals surface area contributed by atoms with Gasteiger partial charge in [-0.1, -0.05) is 0 Å². The summed E-state index contributed by atoms with van der Waals surface area (Å²) < 4.78 is 20.3. The Balaban J connectivity index is 0.00000267. The molecule has 11 nitrogen and oxygen atoms in total. The minimum Gasteiger partial charge on any atom is -0.378 e. The predicted molar refractivity (Wildman–Crippen MR) is 135 cm³/mol. The Kier molecular flexibility index (Phi) is 6.38. The van der Waals surface area contributed by atoms with Crippen LogP contribution in [0.15, 0.2) is 12.4 Å². The fourth-order valence-electron chi connectivity index (χ4n) is 5.49. The van der Waals surface area contributed by atoms with Crippen LogP contribution in [0.4, 0.5) is 22.1 Å². The molecule has 0 aliphatic carbocycles. The lowest BCUT2D eigenvalue weighted by molar-refractivity contribution is -0.146. The summed E-state index contributed by atoms with van der Waals surface area (Å²) in [5.74, 6) is 1.31. The highest BCUT2D eigenvalue weighted by atomic mass is 35.5. The summed E-state index contributed by atoms with van der Waals surface area (Å²) in [5, 5.41) is 2.88. The molecule has 6 heterocycles. The van der Waals surface area contributed by atoms with E-state index in [-0.39, 0.29) is 37.0 Å². The van der Waals surface area contributed by atoms with Crippen molar-refractivity contribution >= 4 is 36.0 Å². The molecular weight excluding hydrogens is 489 g/mol. The topological polar surface area (TPSA) is 126 Å². The van der Waals surface area contributed by atoms with Gasteiger partial charge in [-0.15, -0.1) is 12.4 Å². The number of likely N-dealkylation sites (tertiary alicyclic amines) is 1. The van der Waals surface area contributed by atoms with Crippen molar-refractivity contribution < 1.29 is 13.9 Å². The molecule has 0 aromatic carbocycles. The van der Waals surface area contributed by atoms with Crippen LogP contribution in [0.5, 0.6) is 0 Å². The molecule has 0 bridgehead atoms. The zero-order chi connectivity index (χ0) is 24.2. The number of amides is 1. The molecule has 2 aromatic rings. The van der Waals surface area contributed by atoms with Gasteiger partial charge in [0.1, 0.15) is 5.82 Å².